The SMILES string of the molecule is Cc1ccc2c(=S)n([C@@H]3O[C@H](CO)[C@H](O)[C@@H]3O)ccc2c1. The van der Waals surface area contributed by atoms with Gasteiger partial charge in [-0.3, -0.25) is 0 Å². The number of pyridine rings is 1. The summed E-state index contributed by atoms with van der Waals surface area (Å²) >= 11 is 5.47. The Hall–Kier alpha value is -1.31. The molecule has 0 aliphatic carbocycles. The molecule has 1 aliphatic heterocycles. The van der Waals surface area contributed by atoms with Crippen molar-refractivity contribution in [1.82, 2.24) is 4.57 Å². The van der Waals surface area contributed by atoms with Crippen LogP contribution in [0.4, 0.5) is 0 Å². The highest BCUT2D eigenvalue weighted by atomic mass is 32.1. The van der Waals surface area contributed by atoms with Crippen molar-refractivity contribution < 1.29 is 20.1 Å². The lowest BCUT2D eigenvalue weighted by molar-refractivity contribution is -0.0533. The van der Waals surface area contributed by atoms with Crippen LogP contribution in [0.15, 0.2) is 30.5 Å². The monoisotopic (exact) mass is 307 g/mol. The summed E-state index contributed by atoms with van der Waals surface area (Å²) in [6.07, 6.45) is -2.12. The van der Waals surface area contributed by atoms with Crippen molar-refractivity contribution in [3.05, 3.63) is 40.7 Å². The molecule has 21 heavy (non-hydrogen) atoms. The predicted molar refractivity (Wildman–Crippen MR) is 80.5 cm³/mol. The lowest BCUT2D eigenvalue weighted by Crippen LogP contribution is -2.33. The summed E-state index contributed by atoms with van der Waals surface area (Å²) < 4.78 is 7.67. The third-order valence-corrected chi connectivity index (χ3v) is 4.31. The van der Waals surface area contributed by atoms with Crippen LogP contribution in [-0.2, 0) is 4.74 Å². The Morgan fingerprint density at radius 2 is 2.00 bits per heavy atom. The number of ether oxygens (including phenoxy) is 1. The Kier molecular flexibility index (Phi) is 3.81. The van der Waals surface area contributed by atoms with Crippen molar-refractivity contribution in [2.24, 2.45) is 0 Å². The topological polar surface area (TPSA) is 74.9 Å². The van der Waals surface area contributed by atoms with Crippen LogP contribution in [0.1, 0.15) is 11.8 Å². The quantitative estimate of drug-likeness (QED) is 0.729. The molecule has 2 heterocycles. The van der Waals surface area contributed by atoms with E-state index in [9.17, 15) is 10.2 Å². The van der Waals surface area contributed by atoms with Gasteiger partial charge in [-0.05, 0) is 18.4 Å². The molecule has 3 N–H and O–H groups in total. The molecule has 112 valence electrons. The Morgan fingerprint density at radius 3 is 2.67 bits per heavy atom. The molecule has 0 amide bonds. The molecule has 0 spiro atoms. The molecule has 1 aromatic heterocycles. The number of nitrogens with zero attached hydrogens (tertiary/aromatic N) is 1. The third-order valence-electron chi connectivity index (χ3n) is 3.88. The second-order valence-electron chi connectivity index (χ2n) is 5.35. The molecule has 4 atom stereocenters. The largest absolute Gasteiger partial charge is 0.394 e. The smallest absolute Gasteiger partial charge is 0.163 e. The summed E-state index contributed by atoms with van der Waals surface area (Å²) in [6, 6.07) is 7.84. The second kappa shape index (κ2) is 5.47. The highest BCUT2D eigenvalue weighted by Gasteiger charge is 2.43. The van der Waals surface area contributed by atoms with Gasteiger partial charge >= 0.3 is 0 Å². The maximum atomic E-state index is 10.1. The van der Waals surface area contributed by atoms with Gasteiger partial charge in [0.25, 0.3) is 0 Å². The number of hydrogen-bond acceptors (Lipinski definition) is 5. The van der Waals surface area contributed by atoms with Crippen molar-refractivity contribution in [2.75, 3.05) is 6.61 Å². The zero-order valence-corrected chi connectivity index (χ0v) is 12.3. The average Bonchev–Trinajstić information content (AvgIpc) is 2.75. The van der Waals surface area contributed by atoms with Crippen LogP contribution in [0.2, 0.25) is 0 Å². The van der Waals surface area contributed by atoms with E-state index in [4.69, 9.17) is 22.1 Å². The van der Waals surface area contributed by atoms with Gasteiger partial charge in [-0.15, -0.1) is 0 Å². The van der Waals surface area contributed by atoms with Crippen LogP contribution in [0.3, 0.4) is 0 Å². The summed E-state index contributed by atoms with van der Waals surface area (Å²) in [5, 5.41) is 31.0. The number of aliphatic hydroxyl groups excluding tert-OH is 3. The Bertz CT molecular complexity index is 729. The molecule has 0 saturated carbocycles. The fraction of sp³-hybridized carbons (Fsp3) is 0.400. The molecule has 1 aromatic carbocycles. The van der Waals surface area contributed by atoms with E-state index in [-0.39, 0.29) is 6.61 Å². The minimum absolute atomic E-state index is 0.352. The second-order valence-corrected chi connectivity index (χ2v) is 5.73. The van der Waals surface area contributed by atoms with Gasteiger partial charge in [0.2, 0.25) is 0 Å². The minimum atomic E-state index is -1.13. The third kappa shape index (κ3) is 2.39. The minimum Gasteiger partial charge on any atom is -0.394 e. The van der Waals surface area contributed by atoms with Gasteiger partial charge in [-0.1, -0.05) is 36.0 Å². The van der Waals surface area contributed by atoms with E-state index in [0.29, 0.717) is 4.64 Å². The molecular weight excluding hydrogens is 290 g/mol. The standard InChI is InChI=1S/C15H17NO4S/c1-8-2-3-10-9(6-8)4-5-16(15(10)21)14-13(19)12(18)11(7-17)20-14/h2-6,11-14,17-19H,7H2,1H3/t11-,12+,13+,14-/m1/s1. The number of benzene rings is 1. The van der Waals surface area contributed by atoms with Gasteiger partial charge in [-0.25, -0.2) is 0 Å². The first-order chi connectivity index (χ1) is 10.0. The van der Waals surface area contributed by atoms with Crippen LogP contribution in [0.25, 0.3) is 10.8 Å². The van der Waals surface area contributed by atoms with Gasteiger partial charge in [-0.2, -0.15) is 0 Å². The van der Waals surface area contributed by atoms with Crippen molar-refractivity contribution in [2.45, 2.75) is 31.5 Å². The van der Waals surface area contributed by atoms with E-state index in [2.05, 4.69) is 0 Å². The van der Waals surface area contributed by atoms with Gasteiger partial charge in [0.15, 0.2) is 6.23 Å². The Balaban J connectivity index is 2.08. The molecule has 0 bridgehead atoms. The predicted octanol–water partition coefficient (Wildman–Crippen LogP) is 1.29. The van der Waals surface area contributed by atoms with Crippen LogP contribution in [0.5, 0.6) is 0 Å². The summed E-state index contributed by atoms with van der Waals surface area (Å²) in [6.45, 7) is 1.66. The summed E-state index contributed by atoms with van der Waals surface area (Å²) in [7, 11) is 0. The number of rotatable bonds is 2. The van der Waals surface area contributed by atoms with Crippen LogP contribution in [-0.4, -0.2) is 44.8 Å². The van der Waals surface area contributed by atoms with Crippen LogP contribution < -0.4 is 0 Å². The van der Waals surface area contributed by atoms with E-state index < -0.39 is 24.5 Å². The van der Waals surface area contributed by atoms with Gasteiger partial charge in [0.1, 0.15) is 23.0 Å². The lowest BCUT2D eigenvalue weighted by atomic mass is 10.1. The molecule has 1 saturated heterocycles. The fourth-order valence-electron chi connectivity index (χ4n) is 2.69. The Morgan fingerprint density at radius 1 is 1.24 bits per heavy atom. The summed E-state index contributed by atoms with van der Waals surface area (Å²) in [5.74, 6) is 0. The van der Waals surface area contributed by atoms with E-state index in [1.165, 1.54) is 0 Å². The van der Waals surface area contributed by atoms with Crippen LogP contribution in [0, 0.1) is 11.6 Å². The average molecular weight is 307 g/mol. The van der Waals surface area contributed by atoms with Gasteiger partial charge in [0.05, 0.1) is 6.61 Å². The van der Waals surface area contributed by atoms with Crippen LogP contribution >= 0.6 is 12.2 Å². The number of fused-ring (bicyclic) bond motifs is 1. The van der Waals surface area contributed by atoms with E-state index in [1.807, 2.05) is 31.2 Å². The Labute approximate surface area is 127 Å². The molecule has 3 rings (SSSR count). The lowest BCUT2D eigenvalue weighted by Gasteiger charge is -2.19. The van der Waals surface area contributed by atoms with Crippen molar-refractivity contribution >= 4 is 23.0 Å². The van der Waals surface area contributed by atoms with E-state index in [1.54, 1.807) is 10.8 Å². The fourth-order valence-corrected chi connectivity index (χ4v) is 3.04. The number of aromatic nitrogens is 1. The summed E-state index contributed by atoms with van der Waals surface area (Å²) in [5.41, 5.74) is 1.14. The number of aliphatic hydroxyl groups is 3. The molecule has 6 heteroatoms. The molecule has 1 fully saturated rings. The maximum absolute atomic E-state index is 10.1. The van der Waals surface area contributed by atoms with Crippen molar-refractivity contribution in [3.8, 4) is 0 Å². The molecule has 1 aliphatic rings. The van der Waals surface area contributed by atoms with Crippen molar-refractivity contribution in [3.63, 3.8) is 0 Å². The molecular formula is C15H17NO4S. The maximum Gasteiger partial charge on any atom is 0.163 e. The number of aryl methyl sites for hydroxylation is 1. The molecule has 2 aromatic rings. The first-order valence-electron chi connectivity index (χ1n) is 6.77. The molecule has 0 radical (unpaired) electrons. The normalized spacial score (nSPS) is 29.1. The first kappa shape index (κ1) is 14.6. The highest BCUT2D eigenvalue weighted by molar-refractivity contribution is 7.71. The zero-order chi connectivity index (χ0) is 15.1. The summed E-state index contributed by atoms with van der Waals surface area (Å²) in [4.78, 5) is 0. The zero-order valence-electron chi connectivity index (χ0n) is 11.5. The number of hydrogen-bond donors (Lipinski definition) is 3. The van der Waals surface area contributed by atoms with E-state index >= 15 is 0 Å². The first-order valence-corrected chi connectivity index (χ1v) is 7.17. The van der Waals surface area contributed by atoms with Crippen molar-refractivity contribution in [1.29, 1.82) is 0 Å². The van der Waals surface area contributed by atoms with E-state index in [0.717, 1.165) is 16.3 Å². The van der Waals surface area contributed by atoms with Gasteiger partial charge < -0.3 is 24.6 Å². The molecule has 0 unspecified atom stereocenters. The molecule has 5 nitrogen and oxygen atoms in total. The highest BCUT2D eigenvalue weighted by Crippen LogP contribution is 2.31. The van der Waals surface area contributed by atoms with Gasteiger partial charge in [0, 0.05) is 11.6 Å².